The van der Waals surface area contributed by atoms with Gasteiger partial charge in [-0.15, -0.1) is 0 Å². The monoisotopic (exact) mass is 242 g/mol. The molecule has 1 fully saturated rings. The molecule has 1 aliphatic carbocycles. The maximum Gasteiger partial charge on any atom is 0.308 e. The molecular weight excluding hydrogens is 220 g/mol. The third-order valence-corrected chi connectivity index (χ3v) is 3.21. The average molecular weight is 242 g/mol. The van der Waals surface area contributed by atoms with Gasteiger partial charge in [0.2, 0.25) is 5.91 Å². The van der Waals surface area contributed by atoms with E-state index in [2.05, 4.69) is 10.6 Å². The Labute approximate surface area is 102 Å². The normalized spacial score (nSPS) is 24.3. The van der Waals surface area contributed by atoms with Crippen molar-refractivity contribution in [3.05, 3.63) is 0 Å². The molecular formula is C12H22N2O3. The van der Waals surface area contributed by atoms with Crippen molar-refractivity contribution in [3.63, 3.8) is 0 Å². The second-order valence-electron chi connectivity index (χ2n) is 4.51. The summed E-state index contributed by atoms with van der Waals surface area (Å²) in [5.74, 6) is -1.25. The number of hydrogen-bond acceptors (Lipinski definition) is 3. The van der Waals surface area contributed by atoms with E-state index in [1.165, 1.54) is 0 Å². The van der Waals surface area contributed by atoms with Gasteiger partial charge in [0, 0.05) is 19.0 Å². The van der Waals surface area contributed by atoms with E-state index >= 15 is 0 Å². The minimum absolute atomic E-state index is 0.0518. The van der Waals surface area contributed by atoms with Crippen LogP contribution in [0, 0.1) is 5.92 Å². The highest BCUT2D eigenvalue weighted by molar-refractivity contribution is 5.78. The van der Waals surface area contributed by atoms with E-state index in [-0.39, 0.29) is 11.9 Å². The Balaban J connectivity index is 2.36. The van der Waals surface area contributed by atoms with Gasteiger partial charge in [-0.3, -0.25) is 9.59 Å². The zero-order valence-electron chi connectivity index (χ0n) is 10.4. The molecule has 5 nitrogen and oxygen atoms in total. The summed E-state index contributed by atoms with van der Waals surface area (Å²) in [6.45, 7) is 3.47. The number of rotatable bonds is 6. The summed E-state index contributed by atoms with van der Waals surface area (Å²) in [7, 11) is 0. The molecule has 0 radical (unpaired) electrons. The molecule has 2 atom stereocenters. The third kappa shape index (κ3) is 4.73. The molecule has 0 heterocycles. The standard InChI is InChI=1S/C12H22N2O3/c1-2-13-8-7-11(15)14-10-6-4-3-5-9(10)12(16)17/h9-10,13H,2-8H2,1H3,(H,14,15)(H,16,17). The lowest BCUT2D eigenvalue weighted by Gasteiger charge is -2.29. The third-order valence-electron chi connectivity index (χ3n) is 3.21. The Morgan fingerprint density at radius 3 is 2.65 bits per heavy atom. The van der Waals surface area contributed by atoms with Crippen LogP contribution in [-0.2, 0) is 9.59 Å². The van der Waals surface area contributed by atoms with E-state index in [1.54, 1.807) is 0 Å². The first-order valence-corrected chi connectivity index (χ1v) is 6.38. The molecule has 5 heteroatoms. The summed E-state index contributed by atoms with van der Waals surface area (Å²) in [6.07, 6.45) is 3.82. The molecule has 0 aliphatic heterocycles. The molecule has 17 heavy (non-hydrogen) atoms. The Morgan fingerprint density at radius 1 is 1.29 bits per heavy atom. The molecule has 0 saturated heterocycles. The first-order valence-electron chi connectivity index (χ1n) is 6.38. The summed E-state index contributed by atoms with van der Waals surface area (Å²) in [6, 6.07) is -0.185. The van der Waals surface area contributed by atoms with Crippen LogP contribution in [0.4, 0.5) is 0 Å². The van der Waals surface area contributed by atoms with Gasteiger partial charge in [-0.05, 0) is 19.4 Å². The molecule has 0 bridgehead atoms. The van der Waals surface area contributed by atoms with Crippen molar-refractivity contribution in [2.75, 3.05) is 13.1 Å². The number of carbonyl (C=O) groups excluding carboxylic acids is 1. The topological polar surface area (TPSA) is 78.4 Å². The van der Waals surface area contributed by atoms with Gasteiger partial charge in [0.05, 0.1) is 5.92 Å². The lowest BCUT2D eigenvalue weighted by Crippen LogP contribution is -2.45. The van der Waals surface area contributed by atoms with Gasteiger partial charge in [0.25, 0.3) is 0 Å². The first-order chi connectivity index (χ1) is 8.15. The van der Waals surface area contributed by atoms with Crippen molar-refractivity contribution < 1.29 is 14.7 Å². The molecule has 1 rings (SSSR count). The average Bonchev–Trinajstić information content (AvgIpc) is 2.29. The Hall–Kier alpha value is -1.10. The summed E-state index contributed by atoms with van der Waals surface area (Å²) < 4.78 is 0. The van der Waals surface area contributed by atoms with Crippen molar-refractivity contribution >= 4 is 11.9 Å². The molecule has 2 unspecified atom stereocenters. The van der Waals surface area contributed by atoms with Crippen LogP contribution in [-0.4, -0.2) is 36.1 Å². The number of amides is 1. The molecule has 98 valence electrons. The SMILES string of the molecule is CCNCCC(=O)NC1CCCCC1C(=O)O. The van der Waals surface area contributed by atoms with Gasteiger partial charge in [0.1, 0.15) is 0 Å². The fraction of sp³-hybridized carbons (Fsp3) is 0.833. The lowest BCUT2D eigenvalue weighted by atomic mass is 9.84. The molecule has 0 aromatic heterocycles. The Bertz CT molecular complexity index is 268. The van der Waals surface area contributed by atoms with Crippen LogP contribution in [0.15, 0.2) is 0 Å². The highest BCUT2D eigenvalue weighted by Crippen LogP contribution is 2.24. The summed E-state index contributed by atoms with van der Waals surface area (Å²) in [5.41, 5.74) is 0. The number of hydrogen-bond donors (Lipinski definition) is 3. The van der Waals surface area contributed by atoms with E-state index in [0.717, 1.165) is 25.8 Å². The Morgan fingerprint density at radius 2 is 2.00 bits per heavy atom. The van der Waals surface area contributed by atoms with Gasteiger partial charge >= 0.3 is 5.97 Å². The molecule has 0 spiro atoms. The smallest absolute Gasteiger partial charge is 0.308 e. The molecule has 3 N–H and O–H groups in total. The fourth-order valence-corrected chi connectivity index (χ4v) is 2.26. The van der Waals surface area contributed by atoms with Gasteiger partial charge < -0.3 is 15.7 Å². The maximum absolute atomic E-state index is 11.6. The zero-order valence-corrected chi connectivity index (χ0v) is 10.4. The minimum Gasteiger partial charge on any atom is -0.481 e. The number of nitrogens with one attached hydrogen (secondary N) is 2. The van der Waals surface area contributed by atoms with Crippen LogP contribution in [0.1, 0.15) is 39.0 Å². The van der Waals surface area contributed by atoms with Crippen LogP contribution in [0.25, 0.3) is 0 Å². The first kappa shape index (κ1) is 14.0. The highest BCUT2D eigenvalue weighted by Gasteiger charge is 2.31. The van der Waals surface area contributed by atoms with Crippen LogP contribution < -0.4 is 10.6 Å². The number of carboxylic acids is 1. The van der Waals surface area contributed by atoms with Crippen molar-refractivity contribution in [3.8, 4) is 0 Å². The molecule has 1 aliphatic rings. The summed E-state index contributed by atoms with van der Waals surface area (Å²) in [4.78, 5) is 22.7. The fourth-order valence-electron chi connectivity index (χ4n) is 2.26. The quantitative estimate of drug-likeness (QED) is 0.600. The van der Waals surface area contributed by atoms with E-state index < -0.39 is 11.9 Å². The predicted molar refractivity (Wildman–Crippen MR) is 64.7 cm³/mol. The summed E-state index contributed by atoms with van der Waals surface area (Å²) >= 11 is 0. The summed E-state index contributed by atoms with van der Waals surface area (Å²) in [5, 5.41) is 15.0. The van der Waals surface area contributed by atoms with E-state index in [0.29, 0.717) is 19.4 Å². The van der Waals surface area contributed by atoms with Crippen molar-refractivity contribution in [1.82, 2.24) is 10.6 Å². The zero-order chi connectivity index (χ0) is 12.7. The van der Waals surface area contributed by atoms with E-state index in [1.807, 2.05) is 6.92 Å². The largest absolute Gasteiger partial charge is 0.481 e. The van der Waals surface area contributed by atoms with Crippen molar-refractivity contribution in [2.24, 2.45) is 5.92 Å². The predicted octanol–water partition coefficient (Wildman–Crippen LogP) is 0.746. The van der Waals surface area contributed by atoms with Gasteiger partial charge in [-0.2, -0.15) is 0 Å². The van der Waals surface area contributed by atoms with Crippen LogP contribution >= 0.6 is 0 Å². The maximum atomic E-state index is 11.6. The highest BCUT2D eigenvalue weighted by atomic mass is 16.4. The van der Waals surface area contributed by atoms with E-state index in [9.17, 15) is 9.59 Å². The molecule has 1 amide bonds. The van der Waals surface area contributed by atoms with Crippen LogP contribution in [0.2, 0.25) is 0 Å². The molecule has 1 saturated carbocycles. The lowest BCUT2D eigenvalue weighted by molar-refractivity contribution is -0.144. The van der Waals surface area contributed by atoms with Gasteiger partial charge in [-0.25, -0.2) is 0 Å². The van der Waals surface area contributed by atoms with Crippen LogP contribution in [0.5, 0.6) is 0 Å². The number of carbonyl (C=O) groups is 2. The van der Waals surface area contributed by atoms with Crippen molar-refractivity contribution in [2.45, 2.75) is 45.1 Å². The second-order valence-corrected chi connectivity index (χ2v) is 4.51. The Kier molecular flexibility index (Phi) is 5.97. The minimum atomic E-state index is -0.790. The second kappa shape index (κ2) is 7.27. The van der Waals surface area contributed by atoms with Gasteiger partial charge in [0.15, 0.2) is 0 Å². The molecule has 0 aromatic carbocycles. The van der Waals surface area contributed by atoms with Gasteiger partial charge in [-0.1, -0.05) is 19.8 Å². The van der Waals surface area contributed by atoms with Crippen LogP contribution in [0.3, 0.4) is 0 Å². The molecule has 0 aromatic rings. The van der Waals surface area contributed by atoms with E-state index in [4.69, 9.17) is 5.11 Å². The number of aliphatic carboxylic acids is 1. The van der Waals surface area contributed by atoms with Crippen molar-refractivity contribution in [1.29, 1.82) is 0 Å². The number of carboxylic acid groups (broad SMARTS) is 1.